The van der Waals surface area contributed by atoms with Gasteiger partial charge < -0.3 is 4.52 Å². The highest BCUT2D eigenvalue weighted by molar-refractivity contribution is 7.89. The third kappa shape index (κ3) is 3.11. The third-order valence-electron chi connectivity index (χ3n) is 3.90. The molecule has 1 aliphatic heterocycles. The van der Waals surface area contributed by atoms with Gasteiger partial charge >= 0.3 is 0 Å². The largest absolute Gasteiger partial charge is 0.339 e. The average Bonchev–Trinajstić information content (AvgIpc) is 3.01. The molecule has 0 spiro atoms. The van der Waals surface area contributed by atoms with Gasteiger partial charge in [0.1, 0.15) is 0 Å². The molecule has 0 amide bonds. The van der Waals surface area contributed by atoms with E-state index in [-0.39, 0.29) is 10.8 Å². The van der Waals surface area contributed by atoms with Crippen molar-refractivity contribution < 1.29 is 12.9 Å². The molecule has 2 aromatic rings. The Morgan fingerprint density at radius 3 is 2.70 bits per heavy atom. The van der Waals surface area contributed by atoms with Gasteiger partial charge in [0.2, 0.25) is 15.9 Å². The zero-order valence-electron chi connectivity index (χ0n) is 12.6. The Hall–Kier alpha value is -2.24. The first-order valence-corrected chi connectivity index (χ1v) is 8.75. The Morgan fingerprint density at radius 2 is 2.09 bits per heavy atom. The molecule has 1 unspecified atom stereocenters. The van der Waals surface area contributed by atoms with Gasteiger partial charge in [0.05, 0.1) is 22.4 Å². The van der Waals surface area contributed by atoms with Crippen LogP contribution in [-0.4, -0.2) is 36.0 Å². The van der Waals surface area contributed by atoms with E-state index in [1.165, 1.54) is 28.6 Å². The van der Waals surface area contributed by atoms with Crippen molar-refractivity contribution in [2.45, 2.75) is 30.6 Å². The van der Waals surface area contributed by atoms with Gasteiger partial charge in [0.25, 0.3) is 0 Å². The lowest BCUT2D eigenvalue weighted by Crippen LogP contribution is -2.39. The van der Waals surface area contributed by atoms with Crippen molar-refractivity contribution in [3.63, 3.8) is 0 Å². The molecule has 1 aliphatic rings. The molecule has 8 heteroatoms. The van der Waals surface area contributed by atoms with E-state index in [2.05, 4.69) is 10.1 Å². The molecular weight excluding hydrogens is 316 g/mol. The standard InChI is InChI=1S/C15H16N4O3S/c1-11-17-15(22-18-11)13-3-2-8-19(10-13)23(20,21)14-6-4-12(9-16)5-7-14/h4-7,13H,2-3,8,10H2,1H3. The SMILES string of the molecule is Cc1noc(C2CCCN(S(=O)(=O)c3ccc(C#N)cc3)C2)n1. The summed E-state index contributed by atoms with van der Waals surface area (Å²) in [5.74, 6) is 0.951. The van der Waals surface area contributed by atoms with Crippen LogP contribution in [0.25, 0.3) is 0 Å². The smallest absolute Gasteiger partial charge is 0.243 e. The molecule has 7 nitrogen and oxygen atoms in total. The summed E-state index contributed by atoms with van der Waals surface area (Å²) in [5.41, 5.74) is 0.432. The van der Waals surface area contributed by atoms with Crippen LogP contribution in [0.15, 0.2) is 33.7 Å². The number of benzene rings is 1. The normalized spacial score (nSPS) is 19.4. The van der Waals surface area contributed by atoms with E-state index < -0.39 is 10.0 Å². The molecule has 1 aromatic heterocycles. The third-order valence-corrected chi connectivity index (χ3v) is 5.78. The molecule has 0 radical (unpaired) electrons. The maximum absolute atomic E-state index is 12.7. The second kappa shape index (κ2) is 6.10. The zero-order chi connectivity index (χ0) is 16.4. The van der Waals surface area contributed by atoms with Crippen LogP contribution in [0.2, 0.25) is 0 Å². The Morgan fingerprint density at radius 1 is 1.35 bits per heavy atom. The highest BCUT2D eigenvalue weighted by Gasteiger charge is 2.33. The number of hydrogen-bond acceptors (Lipinski definition) is 6. The molecule has 1 atom stereocenters. The summed E-state index contributed by atoms with van der Waals surface area (Å²) < 4.78 is 32.1. The number of nitrogens with zero attached hydrogens (tertiary/aromatic N) is 4. The summed E-state index contributed by atoms with van der Waals surface area (Å²) in [7, 11) is -3.59. The number of piperidine rings is 1. The van der Waals surface area contributed by atoms with E-state index in [9.17, 15) is 8.42 Å². The van der Waals surface area contributed by atoms with Crippen LogP contribution in [0.4, 0.5) is 0 Å². The first-order chi connectivity index (χ1) is 11.0. The maximum Gasteiger partial charge on any atom is 0.243 e. The molecular formula is C15H16N4O3S. The Balaban J connectivity index is 1.83. The van der Waals surface area contributed by atoms with E-state index >= 15 is 0 Å². The number of rotatable bonds is 3. The Kier molecular flexibility index (Phi) is 4.15. The number of aryl methyl sites for hydroxylation is 1. The van der Waals surface area contributed by atoms with Gasteiger partial charge in [-0.15, -0.1) is 0 Å². The fourth-order valence-electron chi connectivity index (χ4n) is 2.69. The van der Waals surface area contributed by atoms with Crippen molar-refractivity contribution in [3.8, 4) is 6.07 Å². The average molecular weight is 332 g/mol. The number of aromatic nitrogens is 2. The lowest BCUT2D eigenvalue weighted by Gasteiger charge is -2.30. The van der Waals surface area contributed by atoms with Crippen molar-refractivity contribution >= 4 is 10.0 Å². The molecule has 120 valence electrons. The van der Waals surface area contributed by atoms with Gasteiger partial charge in [-0.2, -0.15) is 14.6 Å². The lowest BCUT2D eigenvalue weighted by molar-refractivity contribution is 0.265. The van der Waals surface area contributed by atoms with Crippen LogP contribution in [-0.2, 0) is 10.0 Å². The minimum Gasteiger partial charge on any atom is -0.339 e. The van der Waals surface area contributed by atoms with E-state index in [4.69, 9.17) is 9.78 Å². The second-order valence-corrected chi connectivity index (χ2v) is 7.46. The molecule has 0 N–H and O–H groups in total. The van der Waals surface area contributed by atoms with Crippen LogP contribution in [0.3, 0.4) is 0 Å². The molecule has 23 heavy (non-hydrogen) atoms. The van der Waals surface area contributed by atoms with Gasteiger partial charge in [-0.3, -0.25) is 0 Å². The summed E-state index contributed by atoms with van der Waals surface area (Å²) in [5, 5.41) is 12.6. The quantitative estimate of drug-likeness (QED) is 0.850. The predicted octanol–water partition coefficient (Wildman–Crippen LogP) is 1.82. The van der Waals surface area contributed by atoms with E-state index in [0.29, 0.717) is 30.4 Å². The number of nitriles is 1. The van der Waals surface area contributed by atoms with Crippen LogP contribution in [0.1, 0.15) is 36.0 Å². The molecule has 1 aromatic carbocycles. The van der Waals surface area contributed by atoms with E-state index in [0.717, 1.165) is 12.8 Å². The van der Waals surface area contributed by atoms with Gasteiger partial charge in [0.15, 0.2) is 5.82 Å². The highest BCUT2D eigenvalue weighted by atomic mass is 32.2. The molecule has 3 rings (SSSR count). The van der Waals surface area contributed by atoms with Gasteiger partial charge in [-0.05, 0) is 44.0 Å². The number of sulfonamides is 1. The van der Waals surface area contributed by atoms with Gasteiger partial charge in [-0.25, -0.2) is 8.42 Å². The van der Waals surface area contributed by atoms with Crippen molar-refractivity contribution in [2.24, 2.45) is 0 Å². The highest BCUT2D eigenvalue weighted by Crippen LogP contribution is 2.29. The fraction of sp³-hybridized carbons (Fsp3) is 0.400. The Labute approximate surface area is 134 Å². The molecule has 0 saturated carbocycles. The van der Waals surface area contributed by atoms with Crippen molar-refractivity contribution in [3.05, 3.63) is 41.5 Å². The molecule has 2 heterocycles. The molecule has 1 saturated heterocycles. The maximum atomic E-state index is 12.7. The van der Waals surface area contributed by atoms with Crippen LogP contribution in [0, 0.1) is 18.3 Å². The second-order valence-electron chi connectivity index (χ2n) is 5.52. The topological polar surface area (TPSA) is 100 Å². The Bertz CT molecular complexity index is 836. The monoisotopic (exact) mass is 332 g/mol. The first kappa shape index (κ1) is 15.6. The summed E-state index contributed by atoms with van der Waals surface area (Å²) in [6, 6.07) is 7.93. The van der Waals surface area contributed by atoms with Crippen molar-refractivity contribution in [2.75, 3.05) is 13.1 Å². The van der Waals surface area contributed by atoms with Crippen LogP contribution >= 0.6 is 0 Å². The van der Waals surface area contributed by atoms with Crippen molar-refractivity contribution in [1.29, 1.82) is 5.26 Å². The van der Waals surface area contributed by atoms with Crippen LogP contribution < -0.4 is 0 Å². The van der Waals surface area contributed by atoms with Crippen LogP contribution in [0.5, 0.6) is 0 Å². The predicted molar refractivity (Wildman–Crippen MR) is 80.9 cm³/mol. The zero-order valence-corrected chi connectivity index (χ0v) is 13.5. The summed E-state index contributed by atoms with van der Waals surface area (Å²) in [6.07, 6.45) is 1.56. The summed E-state index contributed by atoms with van der Waals surface area (Å²) in [4.78, 5) is 4.40. The van der Waals surface area contributed by atoms with E-state index in [1.54, 1.807) is 6.92 Å². The minimum atomic E-state index is -3.59. The number of hydrogen-bond donors (Lipinski definition) is 0. The minimum absolute atomic E-state index is 0.0851. The summed E-state index contributed by atoms with van der Waals surface area (Å²) >= 11 is 0. The van der Waals surface area contributed by atoms with Gasteiger partial charge in [0, 0.05) is 13.1 Å². The van der Waals surface area contributed by atoms with Gasteiger partial charge in [-0.1, -0.05) is 5.16 Å². The molecule has 1 fully saturated rings. The lowest BCUT2D eigenvalue weighted by atomic mass is 10.00. The van der Waals surface area contributed by atoms with Crippen molar-refractivity contribution in [1.82, 2.24) is 14.4 Å². The van der Waals surface area contributed by atoms with E-state index in [1.807, 2.05) is 6.07 Å². The summed E-state index contributed by atoms with van der Waals surface area (Å²) in [6.45, 7) is 2.52. The molecule has 0 bridgehead atoms. The molecule has 0 aliphatic carbocycles. The first-order valence-electron chi connectivity index (χ1n) is 7.31. The fourth-order valence-corrected chi connectivity index (χ4v) is 4.22.